The third-order valence-corrected chi connectivity index (χ3v) is 5.38. The molecule has 1 saturated carbocycles. The summed E-state index contributed by atoms with van der Waals surface area (Å²) in [5, 5.41) is 3.70. The average Bonchev–Trinajstić information content (AvgIpc) is 2.28. The highest BCUT2D eigenvalue weighted by atomic mass is 79.9. The van der Waals surface area contributed by atoms with Crippen LogP contribution in [0.2, 0.25) is 0 Å². The van der Waals surface area contributed by atoms with Gasteiger partial charge in [0.2, 0.25) is 0 Å². The molecule has 3 atom stereocenters. The predicted octanol–water partition coefficient (Wildman–Crippen LogP) is 5.76. The Labute approximate surface area is 127 Å². The lowest BCUT2D eigenvalue weighted by atomic mass is 9.79. The quantitative estimate of drug-likeness (QED) is 0.694. The van der Waals surface area contributed by atoms with Gasteiger partial charge in [-0.1, -0.05) is 13.8 Å². The Morgan fingerprint density at radius 2 is 1.67 bits per heavy atom. The molecule has 0 aliphatic heterocycles. The van der Waals surface area contributed by atoms with Crippen molar-refractivity contribution in [1.29, 1.82) is 0 Å². The minimum atomic E-state index is 0.603. The molecule has 0 heterocycles. The molecule has 0 spiro atoms. The zero-order valence-corrected chi connectivity index (χ0v) is 14.4. The van der Waals surface area contributed by atoms with Gasteiger partial charge in [0, 0.05) is 15.0 Å². The van der Waals surface area contributed by atoms with Crippen molar-refractivity contribution in [2.24, 2.45) is 11.8 Å². The monoisotopic (exact) mass is 373 g/mol. The molecule has 1 N–H and O–H groups in total. The molecule has 1 aliphatic carbocycles. The van der Waals surface area contributed by atoms with Crippen LogP contribution in [-0.4, -0.2) is 6.04 Å². The minimum Gasteiger partial charge on any atom is -0.380 e. The Hall–Kier alpha value is -0.0200. The van der Waals surface area contributed by atoms with E-state index in [1.54, 1.807) is 0 Å². The Bertz CT molecular complexity index is 407. The molecule has 3 unspecified atom stereocenters. The zero-order chi connectivity index (χ0) is 13.3. The van der Waals surface area contributed by atoms with Gasteiger partial charge in [0.25, 0.3) is 0 Å². The van der Waals surface area contributed by atoms with Crippen LogP contribution >= 0.6 is 31.9 Å². The van der Waals surface area contributed by atoms with Gasteiger partial charge in [-0.3, -0.25) is 0 Å². The van der Waals surface area contributed by atoms with Crippen LogP contribution in [-0.2, 0) is 0 Å². The fraction of sp³-hybridized carbons (Fsp3) is 0.600. The number of hydrogen-bond acceptors (Lipinski definition) is 1. The minimum absolute atomic E-state index is 0.603. The molecule has 0 aromatic heterocycles. The van der Waals surface area contributed by atoms with Gasteiger partial charge in [-0.2, -0.15) is 0 Å². The highest BCUT2D eigenvalue weighted by Gasteiger charge is 2.25. The van der Waals surface area contributed by atoms with E-state index in [9.17, 15) is 0 Å². The van der Waals surface area contributed by atoms with E-state index in [1.165, 1.54) is 30.5 Å². The van der Waals surface area contributed by atoms with Crippen LogP contribution in [0.1, 0.15) is 38.7 Å². The third-order valence-electron chi connectivity index (χ3n) is 4.13. The maximum Gasteiger partial charge on any atom is 0.0631 e. The largest absolute Gasteiger partial charge is 0.380 e. The SMILES string of the molecule is Cc1cc(Br)c(NC2CCC(C)C(C)C2)c(Br)c1. The van der Waals surface area contributed by atoms with Crippen molar-refractivity contribution in [2.45, 2.75) is 46.1 Å². The second kappa shape index (κ2) is 5.96. The molecule has 100 valence electrons. The summed E-state index contributed by atoms with van der Waals surface area (Å²) in [6, 6.07) is 4.94. The molecule has 1 fully saturated rings. The fourth-order valence-corrected chi connectivity index (χ4v) is 4.36. The number of nitrogens with one attached hydrogen (secondary N) is 1. The first-order valence-electron chi connectivity index (χ1n) is 6.69. The summed E-state index contributed by atoms with van der Waals surface area (Å²) < 4.78 is 2.31. The lowest BCUT2D eigenvalue weighted by Gasteiger charge is -2.33. The Morgan fingerprint density at radius 1 is 1.06 bits per heavy atom. The summed E-state index contributed by atoms with van der Waals surface area (Å²) in [6.45, 7) is 6.86. The molecular weight excluding hydrogens is 354 g/mol. The van der Waals surface area contributed by atoms with Crippen molar-refractivity contribution >= 4 is 37.5 Å². The van der Waals surface area contributed by atoms with E-state index in [4.69, 9.17) is 0 Å². The Kier molecular flexibility index (Phi) is 4.76. The second-order valence-corrected chi connectivity index (χ2v) is 7.42. The maximum atomic E-state index is 3.70. The van der Waals surface area contributed by atoms with E-state index in [0.717, 1.165) is 20.8 Å². The van der Waals surface area contributed by atoms with Gasteiger partial charge in [-0.05, 0) is 87.6 Å². The molecule has 2 rings (SSSR count). The van der Waals surface area contributed by atoms with Crippen LogP contribution in [0.3, 0.4) is 0 Å². The van der Waals surface area contributed by atoms with Crippen molar-refractivity contribution in [1.82, 2.24) is 0 Å². The van der Waals surface area contributed by atoms with Gasteiger partial charge in [0.15, 0.2) is 0 Å². The van der Waals surface area contributed by atoms with Gasteiger partial charge < -0.3 is 5.32 Å². The van der Waals surface area contributed by atoms with Gasteiger partial charge in [0.1, 0.15) is 0 Å². The summed E-state index contributed by atoms with van der Waals surface area (Å²) in [5.41, 5.74) is 2.47. The summed E-state index contributed by atoms with van der Waals surface area (Å²) in [5.74, 6) is 1.69. The predicted molar refractivity (Wildman–Crippen MR) is 86.2 cm³/mol. The van der Waals surface area contributed by atoms with Crippen molar-refractivity contribution in [2.75, 3.05) is 5.32 Å². The molecule has 0 saturated heterocycles. The standard InChI is InChI=1S/C15H21Br2N/c1-9-6-13(16)15(14(17)7-9)18-12-5-4-10(2)11(3)8-12/h6-7,10-12,18H,4-5,8H2,1-3H3. The lowest BCUT2D eigenvalue weighted by molar-refractivity contribution is 0.261. The van der Waals surface area contributed by atoms with Crippen molar-refractivity contribution in [3.63, 3.8) is 0 Å². The smallest absolute Gasteiger partial charge is 0.0631 e. The van der Waals surface area contributed by atoms with E-state index in [-0.39, 0.29) is 0 Å². The summed E-state index contributed by atoms with van der Waals surface area (Å²) in [7, 11) is 0. The van der Waals surface area contributed by atoms with Crippen LogP contribution in [0.15, 0.2) is 21.1 Å². The van der Waals surface area contributed by atoms with Gasteiger partial charge >= 0.3 is 0 Å². The summed E-state index contributed by atoms with van der Waals surface area (Å²) in [4.78, 5) is 0. The summed E-state index contributed by atoms with van der Waals surface area (Å²) in [6.07, 6.45) is 3.88. The number of rotatable bonds is 2. The first-order valence-corrected chi connectivity index (χ1v) is 8.28. The number of aryl methyl sites for hydroxylation is 1. The number of benzene rings is 1. The Morgan fingerprint density at radius 3 is 2.22 bits per heavy atom. The van der Waals surface area contributed by atoms with E-state index in [2.05, 4.69) is 70.1 Å². The first-order chi connectivity index (χ1) is 8.47. The van der Waals surface area contributed by atoms with E-state index in [0.29, 0.717) is 6.04 Å². The fourth-order valence-electron chi connectivity index (χ4n) is 2.72. The molecule has 1 nitrogen and oxygen atoms in total. The maximum absolute atomic E-state index is 3.70. The van der Waals surface area contributed by atoms with Crippen LogP contribution in [0, 0.1) is 18.8 Å². The molecule has 18 heavy (non-hydrogen) atoms. The third kappa shape index (κ3) is 3.30. The highest BCUT2D eigenvalue weighted by molar-refractivity contribution is 9.11. The summed E-state index contributed by atoms with van der Waals surface area (Å²) >= 11 is 7.32. The van der Waals surface area contributed by atoms with Crippen LogP contribution in [0.4, 0.5) is 5.69 Å². The lowest BCUT2D eigenvalue weighted by Crippen LogP contribution is -2.30. The van der Waals surface area contributed by atoms with E-state index < -0.39 is 0 Å². The molecule has 1 aromatic carbocycles. The Balaban J connectivity index is 2.10. The first kappa shape index (κ1) is 14.4. The van der Waals surface area contributed by atoms with Crippen molar-refractivity contribution < 1.29 is 0 Å². The van der Waals surface area contributed by atoms with Crippen LogP contribution in [0.5, 0.6) is 0 Å². The molecule has 3 heteroatoms. The topological polar surface area (TPSA) is 12.0 Å². The molecule has 1 aliphatic rings. The van der Waals surface area contributed by atoms with Crippen LogP contribution in [0.25, 0.3) is 0 Å². The van der Waals surface area contributed by atoms with Crippen molar-refractivity contribution in [3.05, 3.63) is 26.6 Å². The molecular formula is C15H21Br2N. The zero-order valence-electron chi connectivity index (χ0n) is 11.3. The number of halogens is 2. The molecule has 0 amide bonds. The second-order valence-electron chi connectivity index (χ2n) is 5.71. The van der Waals surface area contributed by atoms with Gasteiger partial charge in [0.05, 0.1) is 5.69 Å². The normalized spacial score (nSPS) is 28.2. The average molecular weight is 375 g/mol. The van der Waals surface area contributed by atoms with E-state index in [1.807, 2.05) is 0 Å². The molecule has 1 aromatic rings. The molecule has 0 bridgehead atoms. The van der Waals surface area contributed by atoms with Gasteiger partial charge in [-0.25, -0.2) is 0 Å². The van der Waals surface area contributed by atoms with Crippen molar-refractivity contribution in [3.8, 4) is 0 Å². The van der Waals surface area contributed by atoms with E-state index >= 15 is 0 Å². The number of hydrogen-bond donors (Lipinski definition) is 1. The number of anilines is 1. The van der Waals surface area contributed by atoms with Gasteiger partial charge in [-0.15, -0.1) is 0 Å². The molecule has 0 radical (unpaired) electrons. The highest BCUT2D eigenvalue weighted by Crippen LogP contribution is 2.36. The van der Waals surface area contributed by atoms with Crippen LogP contribution < -0.4 is 5.32 Å².